The Morgan fingerprint density at radius 1 is 1.20 bits per heavy atom. The highest BCUT2D eigenvalue weighted by Gasteiger charge is 2.20. The number of imidazole rings is 1. The Morgan fingerprint density at radius 3 is 2.56 bits per heavy atom. The van der Waals surface area contributed by atoms with Gasteiger partial charge in [-0.1, -0.05) is 23.7 Å². The molecule has 1 aliphatic rings. The number of rotatable bonds is 7. The quantitative estimate of drug-likeness (QED) is 0.755. The summed E-state index contributed by atoms with van der Waals surface area (Å²) in [6.07, 6.45) is 7.60. The molecule has 0 spiro atoms. The maximum atomic E-state index is 5.95. The zero-order valence-corrected chi connectivity index (χ0v) is 16.1. The van der Waals surface area contributed by atoms with E-state index < -0.39 is 0 Å². The summed E-state index contributed by atoms with van der Waals surface area (Å²) in [6, 6.07) is 8.25. The minimum atomic E-state index is 0.803. The number of nitrogens with zero attached hydrogens (tertiary/aromatic N) is 4. The molecule has 5 heteroatoms. The molecule has 1 saturated heterocycles. The molecule has 0 atom stereocenters. The van der Waals surface area contributed by atoms with Crippen molar-refractivity contribution in [2.75, 3.05) is 33.2 Å². The van der Waals surface area contributed by atoms with E-state index in [0.29, 0.717) is 0 Å². The van der Waals surface area contributed by atoms with Crippen molar-refractivity contribution in [3.8, 4) is 0 Å². The number of halogens is 1. The van der Waals surface area contributed by atoms with Crippen LogP contribution in [0.1, 0.15) is 24.2 Å². The first kappa shape index (κ1) is 18.4. The second kappa shape index (κ2) is 8.84. The third kappa shape index (κ3) is 5.56. The van der Waals surface area contributed by atoms with Gasteiger partial charge in [-0.2, -0.15) is 0 Å². The summed E-state index contributed by atoms with van der Waals surface area (Å²) in [6.45, 7) is 5.68. The van der Waals surface area contributed by atoms with Gasteiger partial charge in [0.15, 0.2) is 0 Å². The van der Waals surface area contributed by atoms with Crippen molar-refractivity contribution in [1.29, 1.82) is 0 Å². The Morgan fingerprint density at radius 2 is 1.92 bits per heavy atom. The number of piperidine rings is 1. The molecule has 0 amide bonds. The molecule has 4 nitrogen and oxygen atoms in total. The van der Waals surface area contributed by atoms with E-state index in [1.165, 1.54) is 31.5 Å². The zero-order valence-electron chi connectivity index (χ0n) is 15.4. The highest BCUT2D eigenvalue weighted by atomic mass is 35.5. The maximum Gasteiger partial charge on any atom is 0.122 e. The highest BCUT2D eigenvalue weighted by Crippen LogP contribution is 2.19. The van der Waals surface area contributed by atoms with Crippen molar-refractivity contribution >= 4 is 11.6 Å². The first-order chi connectivity index (χ1) is 12.1. The van der Waals surface area contributed by atoms with Gasteiger partial charge in [0, 0.05) is 37.6 Å². The summed E-state index contributed by atoms with van der Waals surface area (Å²) in [5.74, 6) is 1.94. The average Bonchev–Trinajstić information content (AvgIpc) is 3.00. The lowest BCUT2D eigenvalue weighted by Crippen LogP contribution is -2.38. The maximum absolute atomic E-state index is 5.95. The number of benzene rings is 1. The highest BCUT2D eigenvalue weighted by molar-refractivity contribution is 6.30. The molecule has 3 rings (SSSR count). The Kier molecular flexibility index (Phi) is 6.51. The Hall–Kier alpha value is -1.36. The standard InChI is InChI=1S/C20H29ClN4/c1-23(16-20-22-10-14-24(20)2)15-18-8-12-25(13-9-18)11-7-17-3-5-19(21)6-4-17/h3-6,10,14,18H,7-9,11-13,15-16H2,1-2H3. The topological polar surface area (TPSA) is 24.3 Å². The monoisotopic (exact) mass is 360 g/mol. The lowest BCUT2D eigenvalue weighted by molar-refractivity contribution is 0.152. The molecule has 0 radical (unpaired) electrons. The second-order valence-corrected chi connectivity index (χ2v) is 7.75. The van der Waals surface area contributed by atoms with Crippen LogP contribution in [0.4, 0.5) is 0 Å². The molecular formula is C20H29ClN4. The van der Waals surface area contributed by atoms with Crippen LogP contribution in [0.5, 0.6) is 0 Å². The lowest BCUT2D eigenvalue weighted by atomic mass is 9.96. The number of likely N-dealkylation sites (tertiary alicyclic amines) is 1. The molecular weight excluding hydrogens is 332 g/mol. The number of hydrogen-bond acceptors (Lipinski definition) is 3. The molecule has 0 saturated carbocycles. The van der Waals surface area contributed by atoms with Crippen LogP contribution in [-0.4, -0.2) is 52.6 Å². The first-order valence-electron chi connectivity index (χ1n) is 9.21. The minimum Gasteiger partial charge on any atom is -0.337 e. The Bertz CT molecular complexity index is 644. The van der Waals surface area contributed by atoms with E-state index >= 15 is 0 Å². The summed E-state index contributed by atoms with van der Waals surface area (Å²) < 4.78 is 2.11. The molecule has 1 aromatic heterocycles. The van der Waals surface area contributed by atoms with E-state index in [1.54, 1.807) is 0 Å². The summed E-state index contributed by atoms with van der Waals surface area (Å²) in [5, 5.41) is 0.819. The van der Waals surface area contributed by atoms with Gasteiger partial charge >= 0.3 is 0 Å². The zero-order chi connectivity index (χ0) is 17.6. The van der Waals surface area contributed by atoms with Crippen molar-refractivity contribution in [2.24, 2.45) is 13.0 Å². The molecule has 1 aliphatic heterocycles. The van der Waals surface area contributed by atoms with Gasteiger partial charge in [-0.3, -0.25) is 4.90 Å². The minimum absolute atomic E-state index is 0.803. The molecule has 2 aromatic rings. The predicted octanol–water partition coefficient (Wildman–Crippen LogP) is 3.46. The summed E-state index contributed by atoms with van der Waals surface area (Å²) in [5.41, 5.74) is 1.38. The third-order valence-corrected chi connectivity index (χ3v) is 5.49. The van der Waals surface area contributed by atoms with Gasteiger partial charge in [0.25, 0.3) is 0 Å². The summed E-state index contributed by atoms with van der Waals surface area (Å²) >= 11 is 5.95. The molecule has 0 bridgehead atoms. The van der Waals surface area contributed by atoms with Crippen LogP contribution in [0.3, 0.4) is 0 Å². The van der Waals surface area contributed by atoms with Crippen molar-refractivity contribution in [2.45, 2.75) is 25.8 Å². The fourth-order valence-corrected chi connectivity index (χ4v) is 3.75. The van der Waals surface area contributed by atoms with Crippen LogP contribution < -0.4 is 0 Å². The molecule has 1 aromatic carbocycles. The lowest BCUT2D eigenvalue weighted by Gasteiger charge is -2.33. The molecule has 1 fully saturated rings. The summed E-state index contributed by atoms with van der Waals surface area (Å²) in [4.78, 5) is 9.44. The van der Waals surface area contributed by atoms with Gasteiger partial charge in [-0.25, -0.2) is 4.98 Å². The molecule has 25 heavy (non-hydrogen) atoms. The second-order valence-electron chi connectivity index (χ2n) is 7.31. The third-order valence-electron chi connectivity index (χ3n) is 5.24. The molecule has 0 N–H and O–H groups in total. The van der Waals surface area contributed by atoms with E-state index in [1.807, 2.05) is 24.5 Å². The van der Waals surface area contributed by atoms with E-state index in [4.69, 9.17) is 11.6 Å². The number of aromatic nitrogens is 2. The van der Waals surface area contributed by atoms with E-state index in [9.17, 15) is 0 Å². The normalized spacial score (nSPS) is 16.6. The Labute approximate surface area is 156 Å². The van der Waals surface area contributed by atoms with E-state index in [-0.39, 0.29) is 0 Å². The fourth-order valence-electron chi connectivity index (χ4n) is 3.63. The van der Waals surface area contributed by atoms with Crippen molar-refractivity contribution in [3.63, 3.8) is 0 Å². The van der Waals surface area contributed by atoms with Crippen LogP contribution in [-0.2, 0) is 20.0 Å². The van der Waals surface area contributed by atoms with Gasteiger partial charge < -0.3 is 9.47 Å². The largest absolute Gasteiger partial charge is 0.337 e. The molecule has 0 aliphatic carbocycles. The average molecular weight is 361 g/mol. The van der Waals surface area contributed by atoms with E-state index in [2.05, 4.69) is 45.6 Å². The predicted molar refractivity (Wildman–Crippen MR) is 104 cm³/mol. The van der Waals surface area contributed by atoms with Crippen molar-refractivity contribution in [1.82, 2.24) is 19.4 Å². The van der Waals surface area contributed by atoms with Crippen LogP contribution in [0.2, 0.25) is 5.02 Å². The SMILES string of the molecule is CN(Cc1nccn1C)CC1CCN(CCc2ccc(Cl)cc2)CC1. The van der Waals surface area contributed by atoms with Crippen LogP contribution in [0, 0.1) is 5.92 Å². The molecule has 136 valence electrons. The number of aryl methyl sites for hydroxylation is 1. The van der Waals surface area contributed by atoms with Crippen LogP contribution >= 0.6 is 11.6 Å². The first-order valence-corrected chi connectivity index (χ1v) is 9.59. The number of hydrogen-bond donors (Lipinski definition) is 0. The van der Waals surface area contributed by atoms with Gasteiger partial charge in [0.1, 0.15) is 5.82 Å². The smallest absolute Gasteiger partial charge is 0.122 e. The van der Waals surface area contributed by atoms with Crippen LogP contribution in [0.15, 0.2) is 36.7 Å². The van der Waals surface area contributed by atoms with Crippen molar-refractivity contribution in [3.05, 3.63) is 53.1 Å². The van der Waals surface area contributed by atoms with Crippen molar-refractivity contribution < 1.29 is 0 Å². The Balaban J connectivity index is 1.36. The molecule has 2 heterocycles. The van der Waals surface area contributed by atoms with Gasteiger partial charge in [-0.05, 0) is 63.0 Å². The fraction of sp³-hybridized carbons (Fsp3) is 0.550. The summed E-state index contributed by atoms with van der Waals surface area (Å²) in [7, 11) is 4.27. The van der Waals surface area contributed by atoms with Crippen LogP contribution in [0.25, 0.3) is 0 Å². The van der Waals surface area contributed by atoms with Gasteiger partial charge in [-0.15, -0.1) is 0 Å². The van der Waals surface area contributed by atoms with E-state index in [0.717, 1.165) is 42.8 Å². The molecule has 0 unspecified atom stereocenters. The van der Waals surface area contributed by atoms with Gasteiger partial charge in [0.05, 0.1) is 6.54 Å². The van der Waals surface area contributed by atoms with Gasteiger partial charge in [0.2, 0.25) is 0 Å².